The van der Waals surface area contributed by atoms with Gasteiger partial charge in [0.05, 0.1) is 16.3 Å². The zero-order chi connectivity index (χ0) is 15.7. The first-order chi connectivity index (χ1) is 10.5. The monoisotopic (exact) mass is 323 g/mol. The number of thiophene rings is 1. The van der Waals surface area contributed by atoms with Gasteiger partial charge >= 0.3 is 6.18 Å². The zero-order valence-electron chi connectivity index (χ0n) is 10.9. The zero-order valence-corrected chi connectivity index (χ0v) is 11.7. The molecule has 3 rings (SSSR count). The number of hydrogen-bond donors (Lipinski definition) is 0. The van der Waals surface area contributed by atoms with E-state index < -0.39 is 11.9 Å². The van der Waals surface area contributed by atoms with E-state index in [0.717, 1.165) is 6.07 Å². The van der Waals surface area contributed by atoms with Crippen molar-refractivity contribution in [1.29, 1.82) is 0 Å². The van der Waals surface area contributed by atoms with Crippen LogP contribution in [0.25, 0.3) is 16.5 Å². The van der Waals surface area contributed by atoms with Gasteiger partial charge in [0.2, 0.25) is 5.95 Å². The van der Waals surface area contributed by atoms with Gasteiger partial charge in [-0.2, -0.15) is 13.2 Å². The minimum atomic E-state index is -4.60. The average molecular weight is 323 g/mol. The summed E-state index contributed by atoms with van der Waals surface area (Å²) < 4.78 is 40.4. The van der Waals surface area contributed by atoms with Crippen molar-refractivity contribution in [1.82, 2.24) is 14.5 Å². The summed E-state index contributed by atoms with van der Waals surface area (Å²) >= 11 is 1.27. The molecule has 0 spiro atoms. The summed E-state index contributed by atoms with van der Waals surface area (Å²) in [6, 6.07) is 7.31. The highest BCUT2D eigenvalue weighted by molar-refractivity contribution is 7.13. The highest BCUT2D eigenvalue weighted by Gasteiger charge is 2.34. The van der Waals surface area contributed by atoms with Crippen LogP contribution in [-0.2, 0) is 6.18 Å². The standard InChI is InChI=1S/C14H8F3N3OS/c15-14(16,17)12-7-10(11-4-2-6-22-11)18-13(19-12)20-5-1-3-9(20)8-21/h1-8H. The Kier molecular flexibility index (Phi) is 3.53. The molecule has 0 fully saturated rings. The number of aromatic nitrogens is 3. The van der Waals surface area contributed by atoms with E-state index in [-0.39, 0.29) is 17.3 Å². The van der Waals surface area contributed by atoms with Gasteiger partial charge in [0.25, 0.3) is 0 Å². The Labute approximate surface area is 126 Å². The van der Waals surface area contributed by atoms with Crippen LogP contribution >= 0.6 is 11.3 Å². The van der Waals surface area contributed by atoms with Gasteiger partial charge in [0.15, 0.2) is 12.0 Å². The van der Waals surface area contributed by atoms with Crippen molar-refractivity contribution < 1.29 is 18.0 Å². The summed E-state index contributed by atoms with van der Waals surface area (Å²) in [6.07, 6.45) is -2.62. The number of hydrogen-bond acceptors (Lipinski definition) is 4. The molecular formula is C14H8F3N3OS. The molecule has 22 heavy (non-hydrogen) atoms. The van der Waals surface area contributed by atoms with E-state index in [9.17, 15) is 18.0 Å². The third-order valence-electron chi connectivity index (χ3n) is 2.89. The molecule has 0 saturated heterocycles. The molecule has 0 atom stereocenters. The molecule has 4 nitrogen and oxygen atoms in total. The highest BCUT2D eigenvalue weighted by Crippen LogP contribution is 2.32. The van der Waals surface area contributed by atoms with Crippen LogP contribution < -0.4 is 0 Å². The lowest BCUT2D eigenvalue weighted by Crippen LogP contribution is -2.13. The number of aldehydes is 1. The van der Waals surface area contributed by atoms with Gasteiger partial charge in [-0.05, 0) is 29.6 Å². The molecule has 0 aliphatic rings. The van der Waals surface area contributed by atoms with E-state index in [1.54, 1.807) is 17.5 Å². The lowest BCUT2D eigenvalue weighted by atomic mass is 10.2. The Bertz CT molecular complexity index is 809. The maximum Gasteiger partial charge on any atom is 0.433 e. The number of rotatable bonds is 3. The van der Waals surface area contributed by atoms with E-state index >= 15 is 0 Å². The molecule has 0 radical (unpaired) electrons. The Balaban J connectivity index is 2.22. The molecular weight excluding hydrogens is 315 g/mol. The first kappa shape index (κ1) is 14.5. The third kappa shape index (κ3) is 2.64. The second-order valence-electron chi connectivity index (χ2n) is 4.33. The van der Waals surface area contributed by atoms with Gasteiger partial charge in [-0.1, -0.05) is 6.07 Å². The lowest BCUT2D eigenvalue weighted by Gasteiger charge is -2.11. The maximum atomic E-state index is 13.0. The average Bonchev–Trinajstić information content (AvgIpc) is 3.17. The Morgan fingerprint density at radius 1 is 1.18 bits per heavy atom. The Morgan fingerprint density at radius 3 is 2.64 bits per heavy atom. The van der Waals surface area contributed by atoms with Crippen molar-refractivity contribution in [2.75, 3.05) is 0 Å². The Hall–Kier alpha value is -2.48. The number of halogens is 3. The normalized spacial score (nSPS) is 11.6. The van der Waals surface area contributed by atoms with Gasteiger partial charge in [-0.25, -0.2) is 9.97 Å². The van der Waals surface area contributed by atoms with Gasteiger partial charge in [-0.3, -0.25) is 9.36 Å². The maximum absolute atomic E-state index is 13.0. The number of carbonyl (C=O) groups is 1. The molecule has 0 saturated carbocycles. The van der Waals surface area contributed by atoms with Crippen LogP contribution in [0.4, 0.5) is 13.2 Å². The summed E-state index contributed by atoms with van der Waals surface area (Å²) in [5.74, 6) is -0.190. The van der Waals surface area contributed by atoms with Crippen molar-refractivity contribution >= 4 is 17.6 Å². The van der Waals surface area contributed by atoms with Crippen molar-refractivity contribution in [2.24, 2.45) is 0 Å². The van der Waals surface area contributed by atoms with Crippen molar-refractivity contribution in [3.63, 3.8) is 0 Å². The van der Waals surface area contributed by atoms with Crippen molar-refractivity contribution in [3.05, 3.63) is 53.3 Å². The van der Waals surface area contributed by atoms with Gasteiger partial charge in [-0.15, -0.1) is 11.3 Å². The summed E-state index contributed by atoms with van der Waals surface area (Å²) in [6.45, 7) is 0. The third-order valence-corrected chi connectivity index (χ3v) is 3.79. The van der Waals surface area contributed by atoms with E-state index in [1.165, 1.54) is 34.2 Å². The smallest absolute Gasteiger partial charge is 0.296 e. The minimum absolute atomic E-state index is 0.165. The van der Waals surface area contributed by atoms with E-state index in [1.807, 2.05) is 0 Å². The molecule has 0 aliphatic heterocycles. The topological polar surface area (TPSA) is 47.8 Å². The van der Waals surface area contributed by atoms with Crippen LogP contribution in [0.3, 0.4) is 0 Å². The summed E-state index contributed by atoms with van der Waals surface area (Å²) in [5, 5.41) is 1.75. The molecule has 0 amide bonds. The molecule has 3 aromatic rings. The largest absolute Gasteiger partial charge is 0.433 e. The first-order valence-corrected chi connectivity index (χ1v) is 7.00. The van der Waals surface area contributed by atoms with E-state index in [0.29, 0.717) is 11.2 Å². The molecule has 3 aromatic heterocycles. The van der Waals surface area contributed by atoms with Crippen LogP contribution in [0, 0.1) is 0 Å². The quantitative estimate of drug-likeness (QED) is 0.688. The molecule has 3 heterocycles. The molecule has 8 heteroatoms. The highest BCUT2D eigenvalue weighted by atomic mass is 32.1. The van der Waals surface area contributed by atoms with Crippen molar-refractivity contribution in [3.8, 4) is 16.5 Å². The predicted octanol–water partition coefficient (Wildman–Crippen LogP) is 3.83. The van der Waals surface area contributed by atoms with Gasteiger partial charge < -0.3 is 0 Å². The van der Waals surface area contributed by atoms with Crippen LogP contribution in [0.15, 0.2) is 41.9 Å². The molecule has 0 aliphatic carbocycles. The number of nitrogens with zero attached hydrogens (tertiary/aromatic N) is 3. The minimum Gasteiger partial charge on any atom is -0.296 e. The molecule has 0 bridgehead atoms. The van der Waals surface area contributed by atoms with Crippen molar-refractivity contribution in [2.45, 2.75) is 6.18 Å². The Morgan fingerprint density at radius 2 is 2.00 bits per heavy atom. The lowest BCUT2D eigenvalue weighted by molar-refractivity contribution is -0.141. The van der Waals surface area contributed by atoms with Crippen LogP contribution in [0.2, 0.25) is 0 Å². The number of carbonyl (C=O) groups excluding carboxylic acids is 1. The van der Waals surface area contributed by atoms with E-state index in [2.05, 4.69) is 9.97 Å². The van der Waals surface area contributed by atoms with Gasteiger partial charge in [0.1, 0.15) is 0 Å². The van der Waals surface area contributed by atoms with Crippen LogP contribution in [0.1, 0.15) is 16.2 Å². The van der Waals surface area contributed by atoms with Crippen LogP contribution in [0.5, 0.6) is 0 Å². The number of alkyl halides is 3. The molecule has 0 aromatic carbocycles. The fourth-order valence-corrected chi connectivity index (χ4v) is 2.60. The summed E-state index contributed by atoms with van der Waals surface area (Å²) in [4.78, 5) is 19.2. The molecule has 112 valence electrons. The molecule has 0 unspecified atom stereocenters. The fraction of sp³-hybridized carbons (Fsp3) is 0.0714. The SMILES string of the molecule is O=Cc1cccn1-c1nc(-c2cccs2)cc(C(F)(F)F)n1. The van der Waals surface area contributed by atoms with Crippen LogP contribution in [-0.4, -0.2) is 20.8 Å². The summed E-state index contributed by atoms with van der Waals surface area (Å²) in [7, 11) is 0. The van der Waals surface area contributed by atoms with Gasteiger partial charge in [0, 0.05) is 6.20 Å². The predicted molar refractivity (Wildman–Crippen MR) is 75.1 cm³/mol. The fourth-order valence-electron chi connectivity index (χ4n) is 1.91. The van der Waals surface area contributed by atoms with E-state index in [4.69, 9.17) is 0 Å². The molecule has 0 N–H and O–H groups in total. The summed E-state index contributed by atoms with van der Waals surface area (Å²) in [5.41, 5.74) is -0.708. The first-order valence-electron chi connectivity index (χ1n) is 6.12. The second-order valence-corrected chi connectivity index (χ2v) is 5.28. The second kappa shape index (κ2) is 5.38.